The van der Waals surface area contributed by atoms with Gasteiger partial charge in [-0.3, -0.25) is 4.79 Å². The Balaban J connectivity index is 1.68. The van der Waals surface area contributed by atoms with Crippen LogP contribution in [-0.4, -0.2) is 17.8 Å². The first kappa shape index (κ1) is 13.4. The summed E-state index contributed by atoms with van der Waals surface area (Å²) < 4.78 is 0. The van der Waals surface area contributed by atoms with E-state index < -0.39 is 0 Å². The Morgan fingerprint density at radius 3 is 2.65 bits per heavy atom. The molecule has 0 saturated heterocycles. The minimum absolute atomic E-state index is 0.343. The molecule has 1 N–H and O–H groups in total. The lowest BCUT2D eigenvalue weighted by molar-refractivity contribution is -0.123. The van der Waals surface area contributed by atoms with Gasteiger partial charge in [-0.15, -0.1) is 0 Å². The first-order valence-corrected chi connectivity index (χ1v) is 8.23. The molecule has 0 aliphatic heterocycles. The van der Waals surface area contributed by atoms with E-state index in [0.29, 0.717) is 17.7 Å². The molecule has 2 aliphatic carbocycles. The molecule has 0 aromatic heterocycles. The van der Waals surface area contributed by atoms with E-state index in [-0.39, 0.29) is 0 Å². The van der Waals surface area contributed by atoms with Crippen LogP contribution >= 0.6 is 15.9 Å². The summed E-state index contributed by atoms with van der Waals surface area (Å²) >= 11 is 3.50. The van der Waals surface area contributed by atoms with Crippen LogP contribution in [0.1, 0.15) is 45.4 Å². The molecule has 98 valence electrons. The fourth-order valence-electron chi connectivity index (χ4n) is 3.48. The Morgan fingerprint density at radius 2 is 2.06 bits per heavy atom. The maximum atomic E-state index is 12.0. The Hall–Kier alpha value is -0.0500. The quantitative estimate of drug-likeness (QED) is 0.718. The minimum atomic E-state index is 0.343. The lowest BCUT2D eigenvalue weighted by atomic mass is 10.0. The summed E-state index contributed by atoms with van der Waals surface area (Å²) in [6.07, 6.45) is 7.55. The van der Waals surface area contributed by atoms with Crippen LogP contribution < -0.4 is 5.32 Å². The Kier molecular flexibility index (Phi) is 4.89. The van der Waals surface area contributed by atoms with Crippen molar-refractivity contribution < 1.29 is 4.79 Å². The molecular weight excluding hydrogens is 278 g/mol. The van der Waals surface area contributed by atoms with Gasteiger partial charge < -0.3 is 5.32 Å². The first-order valence-electron chi connectivity index (χ1n) is 7.11. The van der Waals surface area contributed by atoms with Crippen LogP contribution in [-0.2, 0) is 4.79 Å². The molecule has 0 bridgehead atoms. The number of rotatable bonds is 7. The molecule has 17 heavy (non-hydrogen) atoms. The maximum Gasteiger partial charge on any atom is 0.223 e. The van der Waals surface area contributed by atoms with Gasteiger partial charge >= 0.3 is 0 Å². The fraction of sp³-hybridized carbons (Fsp3) is 0.929. The van der Waals surface area contributed by atoms with Crippen molar-refractivity contribution in [2.45, 2.75) is 45.4 Å². The first-order chi connectivity index (χ1) is 8.27. The van der Waals surface area contributed by atoms with Crippen molar-refractivity contribution in [2.75, 3.05) is 11.9 Å². The lowest BCUT2D eigenvalue weighted by Crippen LogP contribution is -2.31. The van der Waals surface area contributed by atoms with Gasteiger partial charge in [0.1, 0.15) is 0 Å². The van der Waals surface area contributed by atoms with E-state index in [4.69, 9.17) is 0 Å². The Morgan fingerprint density at radius 1 is 1.35 bits per heavy atom. The summed E-state index contributed by atoms with van der Waals surface area (Å²) in [5.41, 5.74) is 0. The van der Waals surface area contributed by atoms with Crippen LogP contribution in [0.4, 0.5) is 0 Å². The van der Waals surface area contributed by atoms with Crippen LogP contribution in [0.15, 0.2) is 0 Å². The molecule has 0 aromatic carbocycles. The molecular formula is C14H24BrNO. The third-order valence-corrected chi connectivity index (χ3v) is 4.95. The van der Waals surface area contributed by atoms with Gasteiger partial charge in [0.05, 0.1) is 0 Å². The molecule has 1 amide bonds. The molecule has 3 unspecified atom stereocenters. The number of hydrogen-bond acceptors (Lipinski definition) is 1. The zero-order valence-corrected chi connectivity index (χ0v) is 12.3. The van der Waals surface area contributed by atoms with Crippen molar-refractivity contribution in [2.24, 2.45) is 23.7 Å². The van der Waals surface area contributed by atoms with Gasteiger partial charge in [-0.2, -0.15) is 0 Å². The van der Waals surface area contributed by atoms with E-state index in [9.17, 15) is 4.79 Å². The number of nitrogens with one attached hydrogen (secondary N) is 1. The molecule has 0 spiro atoms. The number of fused-ring (bicyclic) bond motifs is 1. The molecule has 2 nitrogen and oxygen atoms in total. The van der Waals surface area contributed by atoms with Crippen molar-refractivity contribution in [3.8, 4) is 0 Å². The van der Waals surface area contributed by atoms with Crippen molar-refractivity contribution in [3.63, 3.8) is 0 Å². The van der Waals surface area contributed by atoms with Gasteiger partial charge in [0.25, 0.3) is 0 Å². The molecule has 2 fully saturated rings. The van der Waals surface area contributed by atoms with Gasteiger partial charge in [-0.25, -0.2) is 0 Å². The van der Waals surface area contributed by atoms with E-state index in [1.807, 2.05) is 0 Å². The molecule has 0 aromatic rings. The highest BCUT2D eigenvalue weighted by atomic mass is 79.9. The van der Waals surface area contributed by atoms with E-state index in [0.717, 1.165) is 23.7 Å². The zero-order valence-electron chi connectivity index (χ0n) is 10.8. The number of carbonyl (C=O) groups excluding carboxylic acids is 1. The average molecular weight is 302 g/mol. The van der Waals surface area contributed by atoms with Crippen molar-refractivity contribution in [1.29, 1.82) is 0 Å². The predicted octanol–water partition coefficient (Wildman–Crippen LogP) is 3.35. The number of carbonyl (C=O) groups is 1. The summed E-state index contributed by atoms with van der Waals surface area (Å²) in [7, 11) is 0. The second kappa shape index (κ2) is 6.21. The highest BCUT2D eigenvalue weighted by Crippen LogP contribution is 2.57. The Bertz CT molecular complexity index is 253. The molecule has 2 rings (SSSR count). The van der Waals surface area contributed by atoms with E-state index in [2.05, 4.69) is 28.2 Å². The number of amides is 1. The van der Waals surface area contributed by atoms with Crippen molar-refractivity contribution in [1.82, 2.24) is 5.32 Å². The van der Waals surface area contributed by atoms with Gasteiger partial charge in [-0.1, -0.05) is 35.7 Å². The number of hydrogen-bond donors (Lipinski definition) is 1. The Labute approximate surface area is 113 Å². The van der Waals surface area contributed by atoms with Crippen LogP contribution in [0, 0.1) is 23.7 Å². The highest BCUT2D eigenvalue weighted by Gasteiger charge is 2.56. The molecule has 0 radical (unpaired) electrons. The lowest BCUT2D eigenvalue weighted by Gasteiger charge is -2.16. The second-order valence-electron chi connectivity index (χ2n) is 5.66. The fourth-order valence-corrected chi connectivity index (χ4v) is 4.13. The minimum Gasteiger partial charge on any atom is -0.356 e. The van der Waals surface area contributed by atoms with Crippen LogP contribution in [0.3, 0.4) is 0 Å². The molecule has 3 heteroatoms. The maximum absolute atomic E-state index is 12.0. The second-order valence-corrected chi connectivity index (χ2v) is 6.45. The topological polar surface area (TPSA) is 29.1 Å². The third-order valence-electron chi connectivity index (χ3n) is 4.49. The molecule has 3 atom stereocenters. The average Bonchev–Trinajstić information content (AvgIpc) is 2.80. The van der Waals surface area contributed by atoms with Gasteiger partial charge in [0.15, 0.2) is 0 Å². The largest absolute Gasteiger partial charge is 0.356 e. The van der Waals surface area contributed by atoms with E-state index in [1.165, 1.54) is 38.5 Å². The third kappa shape index (κ3) is 3.24. The predicted molar refractivity (Wildman–Crippen MR) is 74.1 cm³/mol. The van der Waals surface area contributed by atoms with Crippen molar-refractivity contribution >= 4 is 21.8 Å². The van der Waals surface area contributed by atoms with E-state index in [1.54, 1.807) is 0 Å². The number of alkyl halides is 1. The summed E-state index contributed by atoms with van der Waals surface area (Å²) in [5, 5.41) is 4.23. The summed E-state index contributed by atoms with van der Waals surface area (Å²) in [5.74, 6) is 2.87. The standard InChI is InChI=1S/C14H24BrNO/c1-2-4-10(7-8-15)9-16-14(17)13-11-5-3-6-12(11)13/h10-13H,2-9H2,1H3,(H,16,17). The highest BCUT2D eigenvalue weighted by molar-refractivity contribution is 9.09. The van der Waals surface area contributed by atoms with Crippen LogP contribution in [0.5, 0.6) is 0 Å². The normalized spacial score (nSPS) is 32.0. The van der Waals surface area contributed by atoms with E-state index >= 15 is 0 Å². The SMILES string of the molecule is CCCC(CCBr)CNC(=O)C1C2CCCC21. The van der Waals surface area contributed by atoms with Crippen molar-refractivity contribution in [3.05, 3.63) is 0 Å². The smallest absolute Gasteiger partial charge is 0.223 e. The van der Waals surface area contributed by atoms with Gasteiger partial charge in [-0.05, 0) is 43.4 Å². The summed E-state index contributed by atoms with van der Waals surface area (Å²) in [6.45, 7) is 3.10. The molecule has 2 aliphatic rings. The monoisotopic (exact) mass is 301 g/mol. The molecule has 2 saturated carbocycles. The zero-order chi connectivity index (χ0) is 12.3. The van der Waals surface area contributed by atoms with Gasteiger partial charge in [0, 0.05) is 17.8 Å². The summed E-state index contributed by atoms with van der Waals surface area (Å²) in [6, 6.07) is 0. The van der Waals surface area contributed by atoms with Crippen LogP contribution in [0.25, 0.3) is 0 Å². The summed E-state index contributed by atoms with van der Waals surface area (Å²) in [4.78, 5) is 12.0. The van der Waals surface area contributed by atoms with Crippen LogP contribution in [0.2, 0.25) is 0 Å². The van der Waals surface area contributed by atoms with Gasteiger partial charge in [0.2, 0.25) is 5.91 Å². The molecule has 0 heterocycles. The number of halogens is 1.